The molecule has 3 aromatic heterocycles. The molecule has 6 heteroatoms. The second kappa shape index (κ2) is 13.7. The zero-order valence-corrected chi connectivity index (χ0v) is 37.1. The van der Waals surface area contributed by atoms with Crippen LogP contribution >= 0.6 is 0 Å². The maximum atomic E-state index is 6.72. The summed E-state index contributed by atoms with van der Waals surface area (Å²) in [7, 11) is 0. The van der Waals surface area contributed by atoms with E-state index in [4.69, 9.17) is 8.83 Å². The Hall–Kier alpha value is -8.02. The van der Waals surface area contributed by atoms with Crippen LogP contribution in [0.2, 0.25) is 0 Å². The molecule has 0 aliphatic carbocycles. The van der Waals surface area contributed by atoms with Crippen molar-refractivity contribution < 1.29 is 8.83 Å². The van der Waals surface area contributed by atoms with Gasteiger partial charge in [0.25, 0.3) is 0 Å². The van der Waals surface area contributed by atoms with Gasteiger partial charge in [-0.3, -0.25) is 0 Å². The van der Waals surface area contributed by atoms with Crippen molar-refractivity contribution in [3.05, 3.63) is 212 Å². The van der Waals surface area contributed by atoms with Gasteiger partial charge in [0.05, 0.1) is 0 Å². The molecule has 0 N–H and O–H groups in total. The molecule has 0 unspecified atom stereocenters. The maximum absolute atomic E-state index is 6.72. The van der Waals surface area contributed by atoms with E-state index in [1.54, 1.807) is 0 Å². The van der Waals surface area contributed by atoms with Crippen molar-refractivity contribution in [1.29, 1.82) is 0 Å². The van der Waals surface area contributed by atoms with Gasteiger partial charge in [0.15, 0.2) is 0 Å². The number of furan rings is 2. The average molecular weight is 906 g/mol. The van der Waals surface area contributed by atoms with Crippen LogP contribution in [0.4, 0.5) is 17.1 Å². The predicted octanol–water partition coefficient (Wildman–Crippen LogP) is 12.2. The molecule has 4 nitrogen and oxygen atoms in total. The summed E-state index contributed by atoms with van der Waals surface area (Å²) in [5.41, 5.74) is 19.2. The molecule has 0 amide bonds. The molecule has 0 atom stereocenters. The van der Waals surface area contributed by atoms with Crippen molar-refractivity contribution in [1.82, 2.24) is 4.57 Å². The number of aromatic nitrogens is 1. The Bertz CT molecular complexity index is 4070. The molecule has 10 aromatic carbocycles. The first-order chi connectivity index (χ1) is 32.7. The van der Waals surface area contributed by atoms with E-state index in [1.807, 2.05) is 6.07 Å². The number of nitrogens with zero attached hydrogens (tertiary/aromatic N) is 2. The quantitative estimate of drug-likeness (QED) is 0.165. The number of rotatable bonds is 4. The molecular weight excluding hydrogens is 870 g/mol. The number of para-hydroxylation sites is 4. The summed E-state index contributed by atoms with van der Waals surface area (Å²) < 4.78 is 18.7. The molecule has 306 valence electrons. The molecular formula is C60H35BN2O2Se. The van der Waals surface area contributed by atoms with Gasteiger partial charge in [0.2, 0.25) is 0 Å². The van der Waals surface area contributed by atoms with Crippen LogP contribution in [0, 0.1) is 0 Å². The summed E-state index contributed by atoms with van der Waals surface area (Å²) >= 11 is 0.0226. The molecule has 0 fully saturated rings. The van der Waals surface area contributed by atoms with E-state index in [1.165, 1.54) is 75.1 Å². The van der Waals surface area contributed by atoms with Gasteiger partial charge in [-0.2, -0.15) is 0 Å². The molecule has 5 heterocycles. The summed E-state index contributed by atoms with van der Waals surface area (Å²) in [5, 5.41) is 6.96. The zero-order valence-electron chi connectivity index (χ0n) is 35.4. The first-order valence-corrected chi connectivity index (χ1v) is 24.2. The molecule has 13 aromatic rings. The van der Waals surface area contributed by atoms with Crippen molar-refractivity contribution in [3.63, 3.8) is 0 Å². The molecule has 0 radical (unpaired) electrons. The Kier molecular flexibility index (Phi) is 7.57. The Morgan fingerprint density at radius 1 is 0.364 bits per heavy atom. The van der Waals surface area contributed by atoms with Crippen LogP contribution in [0.3, 0.4) is 0 Å². The predicted molar refractivity (Wildman–Crippen MR) is 277 cm³/mol. The summed E-state index contributed by atoms with van der Waals surface area (Å²) in [6, 6.07) is 77.8. The second-order valence-corrected chi connectivity index (χ2v) is 19.8. The molecule has 2 aliphatic rings. The van der Waals surface area contributed by atoms with Gasteiger partial charge in [-0.25, -0.2) is 0 Å². The van der Waals surface area contributed by atoms with Crippen molar-refractivity contribution >= 4 is 130 Å². The van der Waals surface area contributed by atoms with Gasteiger partial charge in [-0.05, 0) is 0 Å². The fourth-order valence-corrected chi connectivity index (χ4v) is 13.8. The van der Waals surface area contributed by atoms with E-state index in [0.717, 1.165) is 60.9 Å². The van der Waals surface area contributed by atoms with E-state index < -0.39 is 0 Å². The normalized spacial score (nSPS) is 13.0. The van der Waals surface area contributed by atoms with Crippen LogP contribution in [0.5, 0.6) is 0 Å². The third kappa shape index (κ3) is 5.11. The van der Waals surface area contributed by atoms with E-state index in [0.29, 0.717) is 0 Å². The van der Waals surface area contributed by atoms with E-state index >= 15 is 0 Å². The number of hydrogen-bond acceptors (Lipinski definition) is 3. The fourth-order valence-electron chi connectivity index (χ4n) is 11.2. The summed E-state index contributed by atoms with van der Waals surface area (Å²) in [4.78, 5) is 2.50. The topological polar surface area (TPSA) is 34.5 Å². The Morgan fingerprint density at radius 3 is 1.64 bits per heavy atom. The first kappa shape index (κ1) is 36.3. The number of hydrogen-bond donors (Lipinski definition) is 0. The molecule has 0 saturated carbocycles. The van der Waals surface area contributed by atoms with Crippen molar-refractivity contribution in [2.45, 2.75) is 0 Å². The molecule has 66 heavy (non-hydrogen) atoms. The molecule has 15 rings (SSSR count). The third-order valence-electron chi connectivity index (χ3n) is 14.0. The summed E-state index contributed by atoms with van der Waals surface area (Å²) in [5.74, 6) is 0. The molecule has 0 bridgehead atoms. The monoisotopic (exact) mass is 906 g/mol. The van der Waals surface area contributed by atoms with Gasteiger partial charge in [0.1, 0.15) is 0 Å². The third-order valence-corrected chi connectivity index (χ3v) is 16.4. The zero-order chi connectivity index (χ0) is 43.0. The van der Waals surface area contributed by atoms with Gasteiger partial charge in [-0.15, -0.1) is 0 Å². The van der Waals surface area contributed by atoms with Crippen LogP contribution in [0.1, 0.15) is 0 Å². The van der Waals surface area contributed by atoms with Gasteiger partial charge < -0.3 is 0 Å². The SMILES string of the molecule is c1ccc(-c2cccc3c4cccc(-c5ccccc5)c4n(-c4cc5c6c(c4)N(c4ccc7c(c4)oc4ccccc47)c4cc7oc8ccccc8c7cc4B6c4ccccc4[Se]5)c23)cc1. The van der Waals surface area contributed by atoms with Gasteiger partial charge >= 0.3 is 388 Å². The summed E-state index contributed by atoms with van der Waals surface area (Å²) in [6.45, 7) is 0.0213. The van der Waals surface area contributed by atoms with Crippen molar-refractivity contribution in [2.24, 2.45) is 0 Å². The number of anilines is 3. The number of benzene rings is 10. The van der Waals surface area contributed by atoms with Crippen LogP contribution < -0.4 is 30.2 Å². The van der Waals surface area contributed by atoms with E-state index in [2.05, 4.69) is 216 Å². The molecule has 0 spiro atoms. The van der Waals surface area contributed by atoms with Crippen LogP contribution in [0.25, 0.3) is 93.6 Å². The average Bonchev–Trinajstić information content (AvgIpc) is 4.05. The second-order valence-electron chi connectivity index (χ2n) is 17.5. The fraction of sp³-hybridized carbons (Fsp3) is 0. The summed E-state index contributed by atoms with van der Waals surface area (Å²) in [6.07, 6.45) is 0. The van der Waals surface area contributed by atoms with Crippen molar-refractivity contribution in [3.8, 4) is 27.9 Å². The van der Waals surface area contributed by atoms with Crippen molar-refractivity contribution in [2.75, 3.05) is 4.90 Å². The minimum atomic E-state index is 0.0213. The molecule has 2 aliphatic heterocycles. The minimum absolute atomic E-state index is 0.0213. The van der Waals surface area contributed by atoms with E-state index in [-0.39, 0.29) is 21.7 Å². The Balaban J connectivity index is 1.09. The number of fused-ring (bicyclic) bond motifs is 13. The van der Waals surface area contributed by atoms with E-state index in [9.17, 15) is 0 Å². The standard InChI is InChI=1S/C60H35BN2O2Se/c1-3-15-36(16-4-1)40-21-13-23-45-46-24-14-22-41(37-17-5-2-6-18-37)60(46)63(59(40)45)39-31-51-58-57(33-39)66-56-28-12-9-25-48(56)61(58)49-34-47-43-20-8-11-27-53(43)65-55(47)35-50(49)62(51)38-29-30-44-42-19-7-10-26-52(42)64-54(44)32-38/h1-35H. The van der Waals surface area contributed by atoms with Crippen LogP contribution in [0.15, 0.2) is 221 Å². The Morgan fingerprint density at radius 2 is 0.939 bits per heavy atom. The van der Waals surface area contributed by atoms with Gasteiger partial charge in [0, 0.05) is 0 Å². The van der Waals surface area contributed by atoms with Gasteiger partial charge in [-0.1, -0.05) is 0 Å². The van der Waals surface area contributed by atoms with Crippen LogP contribution in [-0.2, 0) is 0 Å². The first-order valence-electron chi connectivity index (χ1n) is 22.5. The molecule has 0 saturated heterocycles. The Labute approximate surface area is 386 Å². The van der Waals surface area contributed by atoms with Crippen LogP contribution in [-0.4, -0.2) is 26.2 Å².